The number of nitro groups is 1. The quantitative estimate of drug-likeness (QED) is 0.205. The van der Waals surface area contributed by atoms with Crippen LogP contribution in [0.3, 0.4) is 0 Å². The van der Waals surface area contributed by atoms with E-state index >= 15 is 0 Å². The minimum absolute atomic E-state index is 0.00370. The molecule has 0 spiro atoms. The molecule has 0 radical (unpaired) electrons. The van der Waals surface area contributed by atoms with Gasteiger partial charge in [0.2, 0.25) is 0 Å². The van der Waals surface area contributed by atoms with Crippen LogP contribution in [0.2, 0.25) is 0 Å². The maximum Gasteiger partial charge on any atom is 0.269 e. The molecule has 0 atom stereocenters. The van der Waals surface area contributed by atoms with Gasteiger partial charge in [-0.2, -0.15) is 10.5 Å². The molecule has 0 unspecified atom stereocenters. The number of nitriles is 2. The maximum atomic E-state index is 10.1. The number of ether oxygens (including phenoxy) is 1. The fourth-order valence-electron chi connectivity index (χ4n) is 2.49. The molecular weight excluding hydrogens is 446 g/mol. The number of nitro benzene ring substituents is 1. The van der Waals surface area contributed by atoms with Crippen molar-refractivity contribution in [1.82, 2.24) is 0 Å². The molecule has 0 amide bonds. The minimum atomic E-state index is -0.499. The van der Waals surface area contributed by atoms with Crippen molar-refractivity contribution in [3.8, 4) is 29.4 Å². The smallest absolute Gasteiger partial charge is 0.269 e. The van der Waals surface area contributed by atoms with Crippen molar-refractivity contribution in [2.75, 3.05) is 11.5 Å². The highest BCUT2D eigenvalue weighted by molar-refractivity contribution is 5.46. The van der Waals surface area contributed by atoms with Crippen LogP contribution in [0.4, 0.5) is 17.1 Å². The summed E-state index contributed by atoms with van der Waals surface area (Å²) < 4.78 is 5.57. The van der Waals surface area contributed by atoms with Crippen LogP contribution in [-0.2, 0) is 0 Å². The van der Waals surface area contributed by atoms with E-state index in [1.165, 1.54) is 30.3 Å². The molecule has 4 aromatic rings. The summed E-state index contributed by atoms with van der Waals surface area (Å²) in [4.78, 5) is 9.62. The van der Waals surface area contributed by atoms with Crippen molar-refractivity contribution in [1.29, 1.82) is 10.5 Å². The Balaban J connectivity index is 0.000000198. The summed E-state index contributed by atoms with van der Waals surface area (Å²) in [6, 6.07) is 30.0. The lowest BCUT2D eigenvalue weighted by Crippen LogP contribution is -1.87. The third-order valence-corrected chi connectivity index (χ3v) is 4.15. The summed E-state index contributed by atoms with van der Waals surface area (Å²) >= 11 is 0. The zero-order valence-electron chi connectivity index (χ0n) is 18.4. The van der Waals surface area contributed by atoms with Crippen LogP contribution < -0.4 is 16.2 Å². The Kier molecular flexibility index (Phi) is 9.63. The Morgan fingerprint density at radius 3 is 1.69 bits per heavy atom. The van der Waals surface area contributed by atoms with Crippen molar-refractivity contribution < 1.29 is 14.8 Å². The van der Waals surface area contributed by atoms with Gasteiger partial charge in [-0.1, -0.05) is 12.1 Å². The van der Waals surface area contributed by atoms with Gasteiger partial charge in [-0.15, -0.1) is 0 Å². The fraction of sp³-hybridized carbons (Fsp3) is 0. The van der Waals surface area contributed by atoms with Gasteiger partial charge < -0.3 is 21.3 Å². The first-order valence-electron chi connectivity index (χ1n) is 10.0. The molecule has 9 heteroatoms. The van der Waals surface area contributed by atoms with Gasteiger partial charge in [0.25, 0.3) is 5.69 Å². The molecule has 4 rings (SSSR count). The highest BCUT2D eigenvalue weighted by Crippen LogP contribution is 2.23. The highest BCUT2D eigenvalue weighted by atomic mass is 16.6. The number of aromatic hydroxyl groups is 1. The molecule has 0 aliphatic rings. The number of non-ortho nitro benzene ring substituents is 1. The lowest BCUT2D eigenvalue weighted by Gasteiger charge is -2.05. The van der Waals surface area contributed by atoms with Crippen molar-refractivity contribution in [3.63, 3.8) is 0 Å². The van der Waals surface area contributed by atoms with E-state index in [4.69, 9.17) is 31.8 Å². The molecule has 0 saturated heterocycles. The molecule has 0 saturated carbocycles. The van der Waals surface area contributed by atoms with Crippen molar-refractivity contribution in [2.24, 2.45) is 0 Å². The highest BCUT2D eigenvalue weighted by Gasteiger charge is 2.02. The number of rotatable bonds is 3. The van der Waals surface area contributed by atoms with Crippen molar-refractivity contribution in [2.45, 2.75) is 0 Å². The molecule has 0 heterocycles. The number of phenols is 1. The van der Waals surface area contributed by atoms with Gasteiger partial charge in [0.15, 0.2) is 0 Å². The minimum Gasteiger partial charge on any atom is -0.508 e. The first-order chi connectivity index (χ1) is 16.8. The van der Waals surface area contributed by atoms with E-state index in [1.807, 2.05) is 18.2 Å². The normalized spacial score (nSPS) is 9.09. The summed E-state index contributed by atoms with van der Waals surface area (Å²) in [6.07, 6.45) is 0. The van der Waals surface area contributed by atoms with Crippen LogP contribution in [0, 0.1) is 32.8 Å². The second kappa shape index (κ2) is 13.1. The monoisotopic (exact) mass is 467 g/mol. The van der Waals surface area contributed by atoms with Gasteiger partial charge in [0, 0.05) is 35.6 Å². The summed E-state index contributed by atoms with van der Waals surface area (Å²) in [6.45, 7) is 0. The second-order valence-corrected chi connectivity index (χ2v) is 6.82. The van der Waals surface area contributed by atoms with E-state index in [9.17, 15) is 10.1 Å². The number of nitrogen functional groups attached to an aromatic ring is 2. The topological polar surface area (TPSA) is 172 Å². The van der Waals surface area contributed by atoms with Crippen molar-refractivity contribution >= 4 is 17.1 Å². The van der Waals surface area contributed by atoms with Crippen LogP contribution in [-0.4, -0.2) is 10.0 Å². The Hall–Kier alpha value is -5.54. The summed E-state index contributed by atoms with van der Waals surface area (Å²) in [5.74, 6) is 1.58. The number of anilines is 2. The molecule has 0 bridgehead atoms. The second-order valence-electron chi connectivity index (χ2n) is 6.82. The maximum absolute atomic E-state index is 10.1. The predicted octanol–water partition coefficient (Wildman–Crippen LogP) is 5.37. The number of hydrogen-bond donors (Lipinski definition) is 3. The number of benzene rings is 4. The lowest BCUT2D eigenvalue weighted by molar-refractivity contribution is -0.384. The summed E-state index contributed by atoms with van der Waals surface area (Å²) in [5.41, 5.74) is 13.2. The molecule has 0 aliphatic heterocycles. The molecular formula is C26H21N5O4. The Bertz CT molecular complexity index is 1320. The zero-order valence-corrected chi connectivity index (χ0v) is 18.4. The summed E-state index contributed by atoms with van der Waals surface area (Å²) in [7, 11) is 0. The van der Waals surface area contributed by atoms with E-state index in [-0.39, 0.29) is 11.4 Å². The number of nitrogens with two attached hydrogens (primary N) is 2. The Morgan fingerprint density at radius 2 is 1.26 bits per heavy atom. The largest absolute Gasteiger partial charge is 0.508 e. The lowest BCUT2D eigenvalue weighted by atomic mass is 10.2. The van der Waals surface area contributed by atoms with Crippen LogP contribution in [0.25, 0.3) is 0 Å². The summed E-state index contributed by atoms with van der Waals surface area (Å²) in [5, 5.41) is 35.9. The van der Waals surface area contributed by atoms with Crippen LogP contribution >= 0.6 is 0 Å². The number of phenolic OH excluding ortho intramolecular Hbond substituents is 1. The van der Waals surface area contributed by atoms with E-state index in [2.05, 4.69) is 6.07 Å². The Morgan fingerprint density at radius 1 is 0.743 bits per heavy atom. The molecule has 0 fully saturated rings. The first-order valence-corrected chi connectivity index (χ1v) is 10.0. The molecule has 9 nitrogen and oxygen atoms in total. The van der Waals surface area contributed by atoms with Crippen molar-refractivity contribution in [3.05, 3.63) is 118 Å². The number of nitrogens with zero attached hydrogens (tertiary/aromatic N) is 3. The van der Waals surface area contributed by atoms with E-state index in [0.29, 0.717) is 34.0 Å². The standard InChI is InChI=1S/C13H10N2O.C7H4N2O2.C6H7NO/c14-9-10-4-6-12(7-5-10)16-13-3-1-2-11(15)8-13;8-5-6-1-3-7(4-2-6)9(10)11;7-5-2-1-3-6(8)4-5/h1-8H,15H2;1-4H;1-4,8H,7H2. The van der Waals surface area contributed by atoms with Gasteiger partial charge >= 0.3 is 0 Å². The van der Waals surface area contributed by atoms with Gasteiger partial charge in [0.05, 0.1) is 28.2 Å². The molecule has 0 aliphatic carbocycles. The SMILES string of the molecule is N#Cc1ccc(Oc2cccc(N)c2)cc1.N#Cc1ccc([N+](=O)[O-])cc1.Nc1cccc(O)c1. The molecule has 4 aromatic carbocycles. The van der Waals surface area contributed by atoms with E-state index in [1.54, 1.807) is 54.6 Å². The molecule has 35 heavy (non-hydrogen) atoms. The third kappa shape index (κ3) is 9.23. The van der Waals surface area contributed by atoms with Crippen LogP contribution in [0.5, 0.6) is 17.2 Å². The average molecular weight is 467 g/mol. The zero-order chi connectivity index (χ0) is 25.6. The molecule has 5 N–H and O–H groups in total. The third-order valence-electron chi connectivity index (χ3n) is 4.15. The molecule has 174 valence electrons. The van der Waals surface area contributed by atoms with E-state index < -0.39 is 4.92 Å². The van der Waals surface area contributed by atoms with Crippen LogP contribution in [0.15, 0.2) is 97.1 Å². The van der Waals surface area contributed by atoms with E-state index in [0.717, 1.165) is 0 Å². The average Bonchev–Trinajstić information content (AvgIpc) is 2.85. The first kappa shape index (κ1) is 25.7. The van der Waals surface area contributed by atoms with Gasteiger partial charge in [0.1, 0.15) is 17.2 Å². The number of hydrogen-bond acceptors (Lipinski definition) is 8. The molecule has 0 aromatic heterocycles. The van der Waals surface area contributed by atoms with Crippen LogP contribution in [0.1, 0.15) is 11.1 Å². The Labute approximate surface area is 201 Å². The van der Waals surface area contributed by atoms with Gasteiger partial charge in [-0.05, 0) is 60.7 Å². The van der Waals surface area contributed by atoms with Gasteiger partial charge in [-0.25, -0.2) is 0 Å². The van der Waals surface area contributed by atoms with Gasteiger partial charge in [-0.3, -0.25) is 10.1 Å². The predicted molar refractivity (Wildman–Crippen MR) is 132 cm³/mol. The fourth-order valence-corrected chi connectivity index (χ4v) is 2.49.